The zero-order valence-corrected chi connectivity index (χ0v) is 17.9. The van der Waals surface area contributed by atoms with Crippen LogP contribution in [-0.4, -0.2) is 108 Å². The Labute approximate surface area is 180 Å². The molecule has 0 aromatic carbocycles. The number of nitrogens with zero attached hydrogens (tertiary/aromatic N) is 3. The van der Waals surface area contributed by atoms with Crippen molar-refractivity contribution in [2.24, 2.45) is 0 Å². The molecular weight excluding hydrogens is 434 g/mol. The van der Waals surface area contributed by atoms with Gasteiger partial charge >= 0.3 is 16.4 Å². The number of aliphatic hydroxyl groups is 1. The molecule has 13 nitrogen and oxygen atoms in total. The first-order valence-corrected chi connectivity index (χ1v) is 11.9. The van der Waals surface area contributed by atoms with E-state index in [1.807, 2.05) is 0 Å². The van der Waals surface area contributed by atoms with Gasteiger partial charge in [0.15, 0.2) is 0 Å². The third-order valence-electron chi connectivity index (χ3n) is 6.47. The molecule has 0 aliphatic carbocycles. The second-order valence-corrected chi connectivity index (χ2v) is 9.55. The number of piperidine rings is 2. The minimum atomic E-state index is -4.83. The molecule has 14 heteroatoms. The summed E-state index contributed by atoms with van der Waals surface area (Å²) in [5.74, 6) is -0.486. The Hall–Kier alpha value is -1.55. The van der Waals surface area contributed by atoms with Gasteiger partial charge in [0.1, 0.15) is 6.04 Å². The summed E-state index contributed by atoms with van der Waals surface area (Å²) >= 11 is 0. The Kier molecular flexibility index (Phi) is 6.67. The van der Waals surface area contributed by atoms with Crippen molar-refractivity contribution in [1.82, 2.24) is 25.7 Å². The SMILES string of the molecule is O=C(NOC[C@@H]1C[C@@H](N2CCC(O)CC2)CN1)C1CCC2CN1C(=O)N2OS(=O)(=O)O. The van der Waals surface area contributed by atoms with Gasteiger partial charge in [-0.3, -0.25) is 19.1 Å². The molecule has 0 aromatic rings. The van der Waals surface area contributed by atoms with Crippen molar-refractivity contribution in [3.05, 3.63) is 0 Å². The lowest BCUT2D eigenvalue weighted by atomic mass is 10.0. The molecular formula is C17H29N5O8S. The average Bonchev–Trinajstić information content (AvgIpc) is 3.27. The highest BCUT2D eigenvalue weighted by molar-refractivity contribution is 7.80. The maximum Gasteiger partial charge on any atom is 0.418 e. The maximum atomic E-state index is 12.5. The van der Waals surface area contributed by atoms with Gasteiger partial charge in [-0.2, -0.15) is 13.5 Å². The molecule has 4 aliphatic heterocycles. The second kappa shape index (κ2) is 9.13. The zero-order chi connectivity index (χ0) is 22.2. The van der Waals surface area contributed by atoms with E-state index in [4.69, 9.17) is 9.39 Å². The van der Waals surface area contributed by atoms with Crippen LogP contribution in [0.4, 0.5) is 4.79 Å². The quantitative estimate of drug-likeness (QED) is 0.251. The van der Waals surface area contributed by atoms with Crippen LogP contribution in [0.3, 0.4) is 0 Å². The van der Waals surface area contributed by atoms with E-state index in [0.29, 0.717) is 23.9 Å². The van der Waals surface area contributed by atoms with Crippen LogP contribution in [0.25, 0.3) is 0 Å². The van der Waals surface area contributed by atoms with Crippen molar-refractivity contribution < 1.29 is 36.8 Å². The minimum Gasteiger partial charge on any atom is -0.393 e. The molecule has 0 saturated carbocycles. The van der Waals surface area contributed by atoms with E-state index in [1.54, 1.807) is 0 Å². The summed E-state index contributed by atoms with van der Waals surface area (Å²) in [5, 5.41) is 13.6. The van der Waals surface area contributed by atoms with Crippen LogP contribution in [0.5, 0.6) is 0 Å². The van der Waals surface area contributed by atoms with Crippen LogP contribution in [-0.2, 0) is 24.3 Å². The topological polar surface area (TPSA) is 161 Å². The Bertz CT molecular complexity index is 789. The van der Waals surface area contributed by atoms with Crippen molar-refractivity contribution in [2.75, 3.05) is 32.8 Å². The van der Waals surface area contributed by atoms with Gasteiger partial charge in [-0.25, -0.2) is 10.3 Å². The fourth-order valence-corrected chi connectivity index (χ4v) is 5.23. The number of hydrogen-bond acceptors (Lipinski definition) is 9. The molecule has 176 valence electrons. The standard InChI is InChI=1S/C17H29N5O8S/c23-14-3-5-20(6-4-14)13-7-11(18-8-13)10-29-19-16(24)15-2-1-12-9-21(15)17(25)22(12)30-31(26,27)28/h11-15,18,23H,1-10H2,(H,19,24)(H,26,27,28)/t11-,12?,13+,15?/m0/s1. The lowest BCUT2D eigenvalue weighted by molar-refractivity contribution is -0.139. The van der Waals surface area contributed by atoms with Gasteiger partial charge in [0.25, 0.3) is 5.91 Å². The van der Waals surface area contributed by atoms with E-state index in [2.05, 4.69) is 20.0 Å². The van der Waals surface area contributed by atoms with E-state index >= 15 is 0 Å². The van der Waals surface area contributed by atoms with Gasteiger partial charge in [0, 0.05) is 38.3 Å². The predicted molar refractivity (Wildman–Crippen MR) is 104 cm³/mol. The highest BCUT2D eigenvalue weighted by Crippen LogP contribution is 2.30. The van der Waals surface area contributed by atoms with E-state index in [-0.39, 0.29) is 25.3 Å². The van der Waals surface area contributed by atoms with Gasteiger partial charge in [0.05, 0.1) is 18.8 Å². The number of aliphatic hydroxyl groups excluding tert-OH is 1. The maximum absolute atomic E-state index is 12.5. The molecule has 4 saturated heterocycles. The normalized spacial score (nSPS) is 32.6. The van der Waals surface area contributed by atoms with E-state index < -0.39 is 34.4 Å². The lowest BCUT2D eigenvalue weighted by Crippen LogP contribution is -2.50. The number of likely N-dealkylation sites (tertiary alicyclic amines) is 1. The highest BCUT2D eigenvalue weighted by Gasteiger charge is 2.49. The summed E-state index contributed by atoms with van der Waals surface area (Å²) in [6.07, 6.45) is 2.93. The molecule has 4 heterocycles. The van der Waals surface area contributed by atoms with Crippen LogP contribution in [0.2, 0.25) is 0 Å². The van der Waals surface area contributed by atoms with E-state index in [1.165, 1.54) is 4.90 Å². The molecule has 3 amide bonds. The third kappa shape index (κ3) is 5.27. The van der Waals surface area contributed by atoms with Crippen molar-refractivity contribution >= 4 is 22.3 Å². The van der Waals surface area contributed by atoms with E-state index in [0.717, 1.165) is 38.9 Å². The Morgan fingerprint density at radius 2 is 1.94 bits per heavy atom. The largest absolute Gasteiger partial charge is 0.418 e. The van der Waals surface area contributed by atoms with Crippen molar-refractivity contribution in [1.29, 1.82) is 0 Å². The predicted octanol–water partition coefficient (Wildman–Crippen LogP) is -1.78. The number of hydroxylamine groups is 3. The number of rotatable bonds is 7. The Morgan fingerprint density at radius 3 is 2.65 bits per heavy atom. The molecule has 4 fully saturated rings. The first-order valence-electron chi connectivity index (χ1n) is 10.6. The molecule has 0 radical (unpaired) electrons. The van der Waals surface area contributed by atoms with E-state index in [9.17, 15) is 23.1 Å². The lowest BCUT2D eigenvalue weighted by Gasteiger charge is -2.34. The van der Waals surface area contributed by atoms with Gasteiger partial charge in [-0.1, -0.05) is 0 Å². The average molecular weight is 464 g/mol. The van der Waals surface area contributed by atoms with Crippen LogP contribution >= 0.6 is 0 Å². The summed E-state index contributed by atoms with van der Waals surface area (Å²) < 4.78 is 35.1. The number of amides is 3. The first kappa shape index (κ1) is 22.6. The summed E-state index contributed by atoms with van der Waals surface area (Å²) in [6, 6.07) is -1.67. The summed E-state index contributed by atoms with van der Waals surface area (Å²) in [4.78, 5) is 33.9. The van der Waals surface area contributed by atoms with Crippen molar-refractivity contribution in [3.8, 4) is 0 Å². The number of carbonyl (C=O) groups excluding carboxylic acids is 2. The zero-order valence-electron chi connectivity index (χ0n) is 17.1. The number of hydrogen-bond donors (Lipinski definition) is 4. The van der Waals surface area contributed by atoms with Crippen LogP contribution < -0.4 is 10.8 Å². The number of fused-ring (bicyclic) bond motifs is 2. The molecule has 0 aromatic heterocycles. The van der Waals surface area contributed by atoms with Gasteiger partial charge in [0.2, 0.25) is 0 Å². The van der Waals surface area contributed by atoms with Crippen LogP contribution in [0, 0.1) is 0 Å². The summed E-state index contributed by atoms with van der Waals surface area (Å²) in [6.45, 7) is 2.99. The molecule has 0 spiro atoms. The fraction of sp³-hybridized carbons (Fsp3) is 0.882. The second-order valence-electron chi connectivity index (χ2n) is 8.55. The molecule has 4 atom stereocenters. The van der Waals surface area contributed by atoms with Crippen LogP contribution in [0.15, 0.2) is 0 Å². The van der Waals surface area contributed by atoms with Gasteiger partial charge in [-0.15, -0.1) is 4.28 Å². The molecule has 4 N–H and O–H groups in total. The highest BCUT2D eigenvalue weighted by atomic mass is 32.3. The molecule has 2 bridgehead atoms. The number of carbonyl (C=O) groups is 2. The van der Waals surface area contributed by atoms with Gasteiger partial charge in [-0.05, 0) is 32.1 Å². The minimum absolute atomic E-state index is 0.0833. The third-order valence-corrected chi connectivity index (χ3v) is 6.82. The fourth-order valence-electron chi connectivity index (χ4n) is 4.84. The van der Waals surface area contributed by atoms with Crippen LogP contribution in [0.1, 0.15) is 32.1 Å². The molecule has 2 unspecified atom stereocenters. The van der Waals surface area contributed by atoms with Gasteiger partial charge < -0.3 is 15.3 Å². The van der Waals surface area contributed by atoms with Crippen molar-refractivity contribution in [2.45, 2.75) is 62.4 Å². The Morgan fingerprint density at radius 1 is 1.19 bits per heavy atom. The molecule has 4 aliphatic rings. The number of nitrogens with one attached hydrogen (secondary N) is 2. The molecule has 4 rings (SSSR count). The summed E-state index contributed by atoms with van der Waals surface area (Å²) in [5.41, 5.74) is 2.40. The van der Waals surface area contributed by atoms with Crippen molar-refractivity contribution in [3.63, 3.8) is 0 Å². The first-order chi connectivity index (χ1) is 14.7. The molecule has 31 heavy (non-hydrogen) atoms. The smallest absolute Gasteiger partial charge is 0.393 e. The monoisotopic (exact) mass is 463 g/mol. The summed E-state index contributed by atoms with van der Waals surface area (Å²) in [7, 11) is -4.83. The number of urea groups is 1. The Balaban J connectivity index is 1.21.